The van der Waals surface area contributed by atoms with Gasteiger partial charge in [0.1, 0.15) is 17.4 Å². The van der Waals surface area contributed by atoms with Crippen LogP contribution in [0.3, 0.4) is 0 Å². The van der Waals surface area contributed by atoms with E-state index < -0.39 is 10.0 Å². The first-order chi connectivity index (χ1) is 14.8. The van der Waals surface area contributed by atoms with Crippen LogP contribution in [0.15, 0.2) is 54.9 Å². The quantitative estimate of drug-likeness (QED) is 0.500. The topological polar surface area (TPSA) is 93.2 Å². The Morgan fingerprint density at radius 1 is 1.13 bits per heavy atom. The SMILES string of the molecule is CCCC(Nc1cncc(-c2ccc(NS(C)(=O)=O)c(OC)c2)n1)c1ccc(F)cc1. The Hall–Kier alpha value is -3.20. The van der Waals surface area contributed by atoms with Crippen molar-refractivity contribution in [2.75, 3.05) is 23.4 Å². The lowest BCUT2D eigenvalue weighted by Gasteiger charge is -2.19. The second-order valence-electron chi connectivity index (χ2n) is 7.12. The zero-order valence-corrected chi connectivity index (χ0v) is 18.4. The maximum absolute atomic E-state index is 13.3. The lowest BCUT2D eigenvalue weighted by molar-refractivity contribution is 0.417. The first-order valence-corrected chi connectivity index (χ1v) is 11.7. The average Bonchev–Trinajstić information content (AvgIpc) is 2.73. The minimum atomic E-state index is -3.43. The van der Waals surface area contributed by atoms with Crippen LogP contribution in [0.25, 0.3) is 11.3 Å². The molecule has 0 spiro atoms. The highest BCUT2D eigenvalue weighted by molar-refractivity contribution is 7.92. The van der Waals surface area contributed by atoms with E-state index in [0.717, 1.165) is 30.2 Å². The molecule has 2 aromatic carbocycles. The fourth-order valence-corrected chi connectivity index (χ4v) is 3.76. The summed E-state index contributed by atoms with van der Waals surface area (Å²) >= 11 is 0. The lowest BCUT2D eigenvalue weighted by atomic mass is 10.0. The van der Waals surface area contributed by atoms with Crippen LogP contribution in [-0.2, 0) is 10.0 Å². The van der Waals surface area contributed by atoms with Gasteiger partial charge in [-0.15, -0.1) is 0 Å². The van der Waals surface area contributed by atoms with Crippen molar-refractivity contribution < 1.29 is 17.5 Å². The van der Waals surface area contributed by atoms with E-state index in [4.69, 9.17) is 4.74 Å². The number of ether oxygens (including phenoxy) is 1. The molecule has 0 bridgehead atoms. The Kier molecular flexibility index (Phi) is 7.06. The lowest BCUT2D eigenvalue weighted by Crippen LogP contribution is -2.12. The molecular formula is C22H25FN4O3S. The van der Waals surface area contributed by atoms with E-state index in [9.17, 15) is 12.8 Å². The van der Waals surface area contributed by atoms with Crippen LogP contribution < -0.4 is 14.8 Å². The maximum Gasteiger partial charge on any atom is 0.229 e. The number of aromatic nitrogens is 2. The van der Waals surface area contributed by atoms with Gasteiger partial charge in [0.25, 0.3) is 0 Å². The molecule has 1 heterocycles. The summed E-state index contributed by atoms with van der Waals surface area (Å²) in [5.41, 5.74) is 2.63. The summed E-state index contributed by atoms with van der Waals surface area (Å²) in [4.78, 5) is 8.93. The summed E-state index contributed by atoms with van der Waals surface area (Å²) in [6, 6.07) is 11.4. The van der Waals surface area contributed by atoms with Gasteiger partial charge in [-0.3, -0.25) is 9.71 Å². The van der Waals surface area contributed by atoms with Crippen LogP contribution in [0.5, 0.6) is 5.75 Å². The molecule has 9 heteroatoms. The molecule has 2 N–H and O–H groups in total. The van der Waals surface area contributed by atoms with Crippen LogP contribution in [0.1, 0.15) is 31.4 Å². The number of hydrogen-bond donors (Lipinski definition) is 2. The van der Waals surface area contributed by atoms with Crippen molar-refractivity contribution in [3.05, 3.63) is 66.2 Å². The van der Waals surface area contributed by atoms with Crippen molar-refractivity contribution >= 4 is 21.5 Å². The third kappa shape index (κ3) is 6.14. The number of halogens is 1. The summed E-state index contributed by atoms with van der Waals surface area (Å²) in [5.74, 6) is 0.680. The molecule has 3 rings (SSSR count). The number of nitrogens with one attached hydrogen (secondary N) is 2. The van der Waals surface area contributed by atoms with Crippen molar-refractivity contribution in [3.8, 4) is 17.0 Å². The predicted molar refractivity (Wildman–Crippen MR) is 120 cm³/mol. The summed E-state index contributed by atoms with van der Waals surface area (Å²) in [6.45, 7) is 2.08. The third-order valence-corrected chi connectivity index (χ3v) is 5.19. The molecule has 1 aromatic heterocycles. The van der Waals surface area contributed by atoms with E-state index in [1.165, 1.54) is 19.2 Å². The number of hydrogen-bond acceptors (Lipinski definition) is 6. The molecule has 0 aliphatic heterocycles. The molecule has 164 valence electrons. The van der Waals surface area contributed by atoms with E-state index in [-0.39, 0.29) is 11.9 Å². The number of sulfonamides is 1. The zero-order chi connectivity index (χ0) is 22.4. The third-order valence-electron chi connectivity index (χ3n) is 4.60. The van der Waals surface area contributed by atoms with E-state index >= 15 is 0 Å². The van der Waals surface area contributed by atoms with Gasteiger partial charge in [-0.2, -0.15) is 0 Å². The molecule has 31 heavy (non-hydrogen) atoms. The maximum atomic E-state index is 13.3. The second kappa shape index (κ2) is 9.74. The highest BCUT2D eigenvalue weighted by Crippen LogP contribution is 2.31. The molecule has 1 unspecified atom stereocenters. The average molecular weight is 445 g/mol. The van der Waals surface area contributed by atoms with Gasteiger partial charge in [-0.25, -0.2) is 17.8 Å². The predicted octanol–water partition coefficient (Wildman–Crippen LogP) is 4.62. The van der Waals surface area contributed by atoms with E-state index in [0.29, 0.717) is 22.9 Å². The molecule has 1 atom stereocenters. The van der Waals surface area contributed by atoms with Crippen molar-refractivity contribution in [2.24, 2.45) is 0 Å². The van der Waals surface area contributed by atoms with Crippen molar-refractivity contribution in [1.82, 2.24) is 9.97 Å². The molecule has 0 saturated heterocycles. The molecular weight excluding hydrogens is 419 g/mol. The molecule has 0 aliphatic carbocycles. The molecule has 0 amide bonds. The Morgan fingerprint density at radius 3 is 2.52 bits per heavy atom. The van der Waals surface area contributed by atoms with Crippen molar-refractivity contribution in [2.45, 2.75) is 25.8 Å². The standard InChI is InChI=1S/C22H25FN4O3S/c1-4-5-18(15-6-9-17(23)10-7-15)25-22-14-24-13-20(26-22)16-8-11-19(21(12-16)30-2)27-31(3,28)29/h6-14,18,27H,4-5H2,1-3H3,(H,25,26). The normalized spacial score (nSPS) is 12.3. The van der Waals surface area contributed by atoms with Gasteiger partial charge in [0.05, 0.1) is 43.2 Å². The van der Waals surface area contributed by atoms with Gasteiger partial charge >= 0.3 is 0 Å². The summed E-state index contributed by atoms with van der Waals surface area (Å²) < 4.78 is 44.1. The zero-order valence-electron chi connectivity index (χ0n) is 17.6. The first-order valence-electron chi connectivity index (χ1n) is 9.79. The van der Waals surface area contributed by atoms with E-state index in [1.54, 1.807) is 42.7 Å². The van der Waals surface area contributed by atoms with Gasteiger partial charge in [0.2, 0.25) is 10.0 Å². The first kappa shape index (κ1) is 22.5. The Labute approximate surface area is 181 Å². The summed E-state index contributed by atoms with van der Waals surface area (Å²) in [5, 5.41) is 3.38. The smallest absolute Gasteiger partial charge is 0.229 e. The minimum Gasteiger partial charge on any atom is -0.495 e. The van der Waals surface area contributed by atoms with Crippen LogP contribution in [0.4, 0.5) is 15.9 Å². The number of benzene rings is 2. The number of rotatable bonds is 9. The fourth-order valence-electron chi connectivity index (χ4n) is 3.19. The number of methoxy groups -OCH3 is 1. The van der Waals surface area contributed by atoms with Gasteiger partial charge in [-0.1, -0.05) is 31.5 Å². The molecule has 3 aromatic rings. The van der Waals surface area contributed by atoms with Crippen molar-refractivity contribution in [1.29, 1.82) is 0 Å². The van der Waals surface area contributed by atoms with E-state index in [1.807, 2.05) is 0 Å². The summed E-state index contributed by atoms with van der Waals surface area (Å²) in [6.07, 6.45) is 6.11. The van der Waals surface area contributed by atoms with Gasteiger partial charge in [0.15, 0.2) is 0 Å². The largest absolute Gasteiger partial charge is 0.495 e. The highest BCUT2D eigenvalue weighted by atomic mass is 32.2. The van der Waals surface area contributed by atoms with Gasteiger partial charge < -0.3 is 10.1 Å². The van der Waals surface area contributed by atoms with Crippen LogP contribution in [0, 0.1) is 5.82 Å². The minimum absolute atomic E-state index is 0.0361. The van der Waals surface area contributed by atoms with E-state index in [2.05, 4.69) is 26.9 Å². The second-order valence-corrected chi connectivity index (χ2v) is 8.86. The Balaban J connectivity index is 1.87. The molecule has 0 aliphatic rings. The molecule has 0 radical (unpaired) electrons. The molecule has 0 saturated carbocycles. The summed E-state index contributed by atoms with van der Waals surface area (Å²) in [7, 11) is -1.97. The van der Waals surface area contributed by atoms with Crippen LogP contribution in [-0.4, -0.2) is 31.8 Å². The Bertz CT molecular complexity index is 1140. The van der Waals surface area contributed by atoms with Gasteiger partial charge in [-0.05, 0) is 36.2 Å². The number of anilines is 2. The molecule has 0 fully saturated rings. The number of nitrogens with zero attached hydrogens (tertiary/aromatic N) is 2. The van der Waals surface area contributed by atoms with Crippen LogP contribution >= 0.6 is 0 Å². The van der Waals surface area contributed by atoms with Gasteiger partial charge in [0, 0.05) is 5.56 Å². The fraction of sp³-hybridized carbons (Fsp3) is 0.273. The van der Waals surface area contributed by atoms with Crippen molar-refractivity contribution in [3.63, 3.8) is 0 Å². The van der Waals surface area contributed by atoms with Crippen LogP contribution in [0.2, 0.25) is 0 Å². The molecule has 7 nitrogen and oxygen atoms in total. The highest BCUT2D eigenvalue weighted by Gasteiger charge is 2.14. The monoisotopic (exact) mass is 444 g/mol. The Morgan fingerprint density at radius 2 is 1.87 bits per heavy atom.